The fraction of sp³-hybridized carbons (Fsp3) is 0.400. The highest BCUT2D eigenvalue weighted by Gasteiger charge is 2.41. The smallest absolute Gasteiger partial charge is 0.449 e. The molecule has 1 aliphatic rings. The predicted octanol–water partition coefficient (Wildman–Crippen LogP) is 6.72. The maximum absolute atomic E-state index is 13.7. The number of hydrogen-bond acceptors (Lipinski definition) is 11. The molecule has 18 heteroatoms. The number of benzene rings is 1. The number of amides is 1. The van der Waals surface area contributed by atoms with E-state index in [1.54, 1.807) is 18.2 Å². The number of piperidine rings is 1. The van der Waals surface area contributed by atoms with Gasteiger partial charge in [-0.25, -0.2) is 24.7 Å². The van der Waals surface area contributed by atoms with E-state index in [0.717, 1.165) is 17.4 Å². The Labute approximate surface area is 273 Å². The summed E-state index contributed by atoms with van der Waals surface area (Å²) in [4.78, 5) is 39.5. The summed E-state index contributed by atoms with van der Waals surface area (Å²) in [6, 6.07) is 8.19. The normalized spacial score (nSPS) is 16.4. The molecule has 0 radical (unpaired) electrons. The number of alkyl halides is 6. The fourth-order valence-electron chi connectivity index (χ4n) is 5.63. The highest BCUT2D eigenvalue weighted by atomic mass is 32.1. The van der Waals surface area contributed by atoms with Gasteiger partial charge in [0.25, 0.3) is 5.91 Å². The van der Waals surface area contributed by atoms with Gasteiger partial charge in [0.2, 0.25) is 5.88 Å². The summed E-state index contributed by atoms with van der Waals surface area (Å²) < 4.78 is 88.6. The topological polar surface area (TPSA) is 140 Å². The lowest BCUT2D eigenvalue weighted by atomic mass is 9.79. The van der Waals surface area contributed by atoms with Crippen LogP contribution in [0.5, 0.6) is 11.6 Å². The molecule has 0 unspecified atom stereocenters. The number of ether oxygens (including phenoxy) is 2. The number of carbonyl (C=O) groups excluding carboxylic acids is 2. The van der Waals surface area contributed by atoms with Crippen LogP contribution < -0.4 is 20.7 Å². The monoisotopic (exact) mass is 697 g/mol. The Morgan fingerprint density at radius 3 is 2.38 bits per heavy atom. The van der Waals surface area contributed by atoms with Crippen LogP contribution in [0.15, 0.2) is 42.7 Å². The maximum atomic E-state index is 13.7. The number of fused-ring (bicyclic) bond motifs is 1. The van der Waals surface area contributed by atoms with Gasteiger partial charge in [-0.2, -0.15) is 26.3 Å². The second-order valence-corrected chi connectivity index (χ2v) is 13.4. The van der Waals surface area contributed by atoms with E-state index in [9.17, 15) is 35.9 Å². The quantitative estimate of drug-likeness (QED) is 0.134. The van der Waals surface area contributed by atoms with Gasteiger partial charge in [-0.1, -0.05) is 17.4 Å². The molecule has 3 aromatic heterocycles. The first-order chi connectivity index (χ1) is 22.3. The minimum atomic E-state index is -5.24. The minimum Gasteiger partial charge on any atom is -0.449 e. The molecule has 4 aromatic rings. The second kappa shape index (κ2) is 12.8. The number of aromatic nitrogens is 4. The zero-order chi connectivity index (χ0) is 35.1. The molecule has 1 fully saturated rings. The number of esters is 1. The van der Waals surface area contributed by atoms with E-state index in [1.165, 1.54) is 18.5 Å². The van der Waals surface area contributed by atoms with Crippen molar-refractivity contribution in [1.82, 2.24) is 25.3 Å². The van der Waals surface area contributed by atoms with Crippen LogP contribution in [0.3, 0.4) is 0 Å². The SMILES string of the molecule is CC1(C)CC(Nc2nc(C(F)(F)F)ccc2-c2cc(Oc3cccc4sc(NC(=O)COC(=O)C(F)(F)F)nc34)ncn2)CC(C)(C)N1. The number of anilines is 2. The summed E-state index contributed by atoms with van der Waals surface area (Å²) in [6.45, 7) is 6.90. The van der Waals surface area contributed by atoms with Gasteiger partial charge >= 0.3 is 18.3 Å². The Morgan fingerprint density at radius 1 is 1.00 bits per heavy atom. The van der Waals surface area contributed by atoms with Gasteiger partial charge in [0, 0.05) is 28.7 Å². The van der Waals surface area contributed by atoms with Gasteiger partial charge in [0.1, 0.15) is 23.4 Å². The largest absolute Gasteiger partial charge is 0.490 e. The fourth-order valence-corrected chi connectivity index (χ4v) is 6.53. The zero-order valence-electron chi connectivity index (χ0n) is 25.8. The first kappa shape index (κ1) is 34.7. The summed E-state index contributed by atoms with van der Waals surface area (Å²) in [5, 5.41) is 9.03. The number of carbonyl (C=O) groups is 2. The molecule has 0 aliphatic carbocycles. The van der Waals surface area contributed by atoms with E-state index in [-0.39, 0.29) is 56.5 Å². The van der Waals surface area contributed by atoms with Crippen LogP contribution in [0.2, 0.25) is 0 Å². The van der Waals surface area contributed by atoms with Gasteiger partial charge in [0.05, 0.1) is 10.4 Å². The molecule has 11 nitrogen and oxygen atoms in total. The molecule has 1 aromatic carbocycles. The Morgan fingerprint density at radius 2 is 1.71 bits per heavy atom. The van der Waals surface area contributed by atoms with E-state index < -0.39 is 36.5 Å². The summed E-state index contributed by atoms with van der Waals surface area (Å²) in [5.41, 5.74) is -0.883. The molecule has 0 saturated carbocycles. The molecule has 0 atom stereocenters. The van der Waals surface area contributed by atoms with Crippen molar-refractivity contribution in [2.75, 3.05) is 17.2 Å². The van der Waals surface area contributed by atoms with Crippen LogP contribution in [0, 0.1) is 0 Å². The molecule has 3 N–H and O–H groups in total. The number of para-hydroxylation sites is 1. The van der Waals surface area contributed by atoms with Crippen molar-refractivity contribution < 1.29 is 45.4 Å². The Balaban J connectivity index is 1.39. The number of pyridine rings is 1. The standard InChI is InChI=1S/C30H29F6N7O4S/c1-27(2)11-15(12-28(3,4)43-27)39-24-16(8-9-20(40-24)29(31,32)33)17-10-22(38-14-37-17)47-18-6-5-7-19-23(18)42-26(48-19)41-21(44)13-46-25(45)30(34,35)36/h5-10,14-15,43H,11-13H2,1-4H3,(H,39,40)(H,41,42,44). The van der Waals surface area contributed by atoms with Gasteiger partial charge in [-0.3, -0.25) is 10.1 Å². The average molecular weight is 698 g/mol. The van der Waals surface area contributed by atoms with Crippen molar-refractivity contribution in [3.05, 3.63) is 48.4 Å². The first-order valence-corrected chi connectivity index (χ1v) is 15.2. The summed E-state index contributed by atoms with van der Waals surface area (Å²) in [6.07, 6.45) is -7.52. The minimum absolute atomic E-state index is 0.00382. The highest BCUT2D eigenvalue weighted by molar-refractivity contribution is 7.22. The number of halogens is 6. The van der Waals surface area contributed by atoms with E-state index in [2.05, 4.69) is 40.6 Å². The van der Waals surface area contributed by atoms with Gasteiger partial charge in [0.15, 0.2) is 17.5 Å². The zero-order valence-corrected chi connectivity index (χ0v) is 26.7. The van der Waals surface area contributed by atoms with E-state index in [0.29, 0.717) is 17.5 Å². The van der Waals surface area contributed by atoms with Crippen LogP contribution in [-0.4, -0.2) is 61.7 Å². The van der Waals surface area contributed by atoms with Crippen LogP contribution in [0.25, 0.3) is 21.5 Å². The van der Waals surface area contributed by atoms with Crippen molar-refractivity contribution in [2.45, 2.75) is 70.0 Å². The number of nitrogens with zero attached hydrogens (tertiary/aromatic N) is 4. The van der Waals surface area contributed by atoms with Crippen molar-refractivity contribution in [1.29, 1.82) is 0 Å². The second-order valence-electron chi connectivity index (χ2n) is 12.3. The van der Waals surface area contributed by atoms with Crippen LogP contribution >= 0.6 is 11.3 Å². The highest BCUT2D eigenvalue weighted by Crippen LogP contribution is 2.38. The van der Waals surface area contributed by atoms with Gasteiger partial charge in [-0.05, 0) is 64.8 Å². The third-order valence-corrected chi connectivity index (χ3v) is 7.98. The molecule has 0 bridgehead atoms. The van der Waals surface area contributed by atoms with E-state index >= 15 is 0 Å². The molecule has 1 saturated heterocycles. The summed E-state index contributed by atoms with van der Waals surface area (Å²) >= 11 is 0.980. The molecule has 4 heterocycles. The maximum Gasteiger partial charge on any atom is 0.490 e. The van der Waals surface area contributed by atoms with Crippen LogP contribution in [-0.2, 0) is 20.5 Å². The van der Waals surface area contributed by atoms with Crippen molar-refractivity contribution >= 4 is 44.4 Å². The first-order valence-electron chi connectivity index (χ1n) is 14.4. The average Bonchev–Trinajstić information content (AvgIpc) is 3.36. The van der Waals surface area contributed by atoms with Gasteiger partial charge in [-0.15, -0.1) is 0 Å². The third kappa shape index (κ3) is 8.46. The molecule has 1 amide bonds. The Hall–Kier alpha value is -4.58. The van der Waals surface area contributed by atoms with Crippen LogP contribution in [0.1, 0.15) is 46.2 Å². The summed E-state index contributed by atoms with van der Waals surface area (Å²) in [5.74, 6) is -3.35. The number of hydrogen-bond donors (Lipinski definition) is 3. The molecule has 48 heavy (non-hydrogen) atoms. The number of thiazole rings is 1. The summed E-state index contributed by atoms with van der Waals surface area (Å²) in [7, 11) is 0. The molecule has 256 valence electrons. The molecule has 1 aliphatic heterocycles. The Kier molecular flexibility index (Phi) is 9.26. The van der Waals surface area contributed by atoms with E-state index in [1.807, 2.05) is 27.7 Å². The third-order valence-electron chi connectivity index (χ3n) is 7.04. The lowest BCUT2D eigenvalue weighted by Crippen LogP contribution is -2.60. The molecular weight excluding hydrogens is 668 g/mol. The van der Waals surface area contributed by atoms with Crippen LogP contribution in [0.4, 0.5) is 37.3 Å². The van der Waals surface area contributed by atoms with Gasteiger partial charge < -0.3 is 20.1 Å². The predicted molar refractivity (Wildman–Crippen MR) is 164 cm³/mol. The van der Waals surface area contributed by atoms with E-state index in [4.69, 9.17) is 4.74 Å². The number of rotatable bonds is 8. The molecule has 5 rings (SSSR count). The Bertz CT molecular complexity index is 1830. The lowest BCUT2D eigenvalue weighted by Gasteiger charge is -2.46. The number of nitrogens with one attached hydrogen (secondary N) is 3. The van der Waals surface area contributed by atoms with Crippen molar-refractivity contribution in [3.63, 3.8) is 0 Å². The van der Waals surface area contributed by atoms with Crippen molar-refractivity contribution in [3.8, 4) is 22.9 Å². The molecule has 0 spiro atoms. The molecular formula is C30H29F6N7O4S. The lowest BCUT2D eigenvalue weighted by molar-refractivity contribution is -0.199. The van der Waals surface area contributed by atoms with Crippen molar-refractivity contribution in [2.24, 2.45) is 0 Å².